The van der Waals surface area contributed by atoms with Crippen molar-refractivity contribution in [3.8, 4) is 16.8 Å². The van der Waals surface area contributed by atoms with Gasteiger partial charge in [-0.25, -0.2) is 0 Å². The van der Waals surface area contributed by atoms with Crippen LogP contribution in [0.15, 0.2) is 121 Å². The summed E-state index contributed by atoms with van der Waals surface area (Å²) in [6, 6.07) is 43.1. The number of aryl methyl sites for hydroxylation is 1. The topological polar surface area (TPSA) is 17.0 Å². The van der Waals surface area contributed by atoms with Crippen molar-refractivity contribution in [2.75, 3.05) is 5.32 Å². The molecule has 0 aliphatic rings. The molecule has 0 atom stereocenters. The van der Waals surface area contributed by atoms with Crippen molar-refractivity contribution in [1.82, 2.24) is 4.57 Å². The van der Waals surface area contributed by atoms with Gasteiger partial charge in [0, 0.05) is 27.8 Å². The van der Waals surface area contributed by atoms with Crippen LogP contribution in [0.25, 0.3) is 38.6 Å². The zero-order chi connectivity index (χ0) is 22.2. The molecule has 1 N–H and O–H groups in total. The Morgan fingerprint density at radius 1 is 0.515 bits per heavy atom. The highest BCUT2D eigenvalue weighted by atomic mass is 15.0. The molecule has 158 valence electrons. The molecular formula is C31H24N2. The third-order valence-corrected chi connectivity index (χ3v) is 6.21. The van der Waals surface area contributed by atoms with Crippen LogP contribution in [0.2, 0.25) is 0 Å². The van der Waals surface area contributed by atoms with Crippen molar-refractivity contribution in [3.05, 3.63) is 127 Å². The van der Waals surface area contributed by atoms with E-state index in [-0.39, 0.29) is 0 Å². The highest BCUT2D eigenvalue weighted by Crippen LogP contribution is 2.35. The van der Waals surface area contributed by atoms with Gasteiger partial charge in [0.2, 0.25) is 0 Å². The van der Waals surface area contributed by atoms with Gasteiger partial charge in [0.15, 0.2) is 0 Å². The maximum absolute atomic E-state index is 3.46. The molecule has 33 heavy (non-hydrogen) atoms. The molecule has 1 heterocycles. The standard InChI is InChI=1S/C31H24N2/c1-22-8-7-11-27(20-22)33-30-13-6-5-12-28(30)29-21-24(16-19-31(29)33)23-14-17-26(18-15-23)32-25-9-3-2-4-10-25/h2-21,32H,1H3. The average Bonchev–Trinajstić information content (AvgIpc) is 3.19. The molecule has 0 amide bonds. The number of rotatable bonds is 4. The minimum absolute atomic E-state index is 1.09. The monoisotopic (exact) mass is 424 g/mol. The van der Waals surface area contributed by atoms with Crippen molar-refractivity contribution in [3.63, 3.8) is 0 Å². The lowest BCUT2D eigenvalue weighted by atomic mass is 10.0. The average molecular weight is 425 g/mol. The molecule has 0 saturated carbocycles. The molecule has 0 radical (unpaired) electrons. The second-order valence-electron chi connectivity index (χ2n) is 8.49. The Morgan fingerprint density at radius 2 is 1.21 bits per heavy atom. The Bertz CT molecular complexity index is 1580. The summed E-state index contributed by atoms with van der Waals surface area (Å²) in [6.45, 7) is 2.14. The number of aromatic nitrogens is 1. The van der Waals surface area contributed by atoms with Crippen molar-refractivity contribution in [1.29, 1.82) is 0 Å². The van der Waals surface area contributed by atoms with Gasteiger partial charge in [0.05, 0.1) is 11.0 Å². The summed E-state index contributed by atoms with van der Waals surface area (Å²) in [5.74, 6) is 0. The van der Waals surface area contributed by atoms with Crippen LogP contribution < -0.4 is 5.32 Å². The Morgan fingerprint density at radius 3 is 2.03 bits per heavy atom. The minimum Gasteiger partial charge on any atom is -0.356 e. The van der Waals surface area contributed by atoms with E-state index in [1.54, 1.807) is 0 Å². The normalized spacial score (nSPS) is 11.2. The molecule has 0 aliphatic heterocycles. The Labute approximate surface area is 193 Å². The number of anilines is 2. The van der Waals surface area contributed by atoms with Gasteiger partial charge >= 0.3 is 0 Å². The summed E-state index contributed by atoms with van der Waals surface area (Å²) < 4.78 is 2.37. The largest absolute Gasteiger partial charge is 0.356 e. The molecule has 0 spiro atoms. The van der Waals surface area contributed by atoms with E-state index in [0.717, 1.165) is 11.4 Å². The van der Waals surface area contributed by atoms with Gasteiger partial charge in [0.1, 0.15) is 0 Å². The summed E-state index contributed by atoms with van der Waals surface area (Å²) in [5.41, 5.74) is 9.54. The van der Waals surface area contributed by atoms with Crippen LogP contribution in [0.5, 0.6) is 0 Å². The second-order valence-corrected chi connectivity index (χ2v) is 8.49. The predicted molar refractivity (Wildman–Crippen MR) is 141 cm³/mol. The first-order valence-electron chi connectivity index (χ1n) is 11.3. The van der Waals surface area contributed by atoms with Crippen LogP contribution in [0.3, 0.4) is 0 Å². The first-order chi connectivity index (χ1) is 16.3. The lowest BCUT2D eigenvalue weighted by Crippen LogP contribution is -1.94. The summed E-state index contributed by atoms with van der Waals surface area (Å²) in [4.78, 5) is 0. The van der Waals surface area contributed by atoms with Crippen molar-refractivity contribution in [2.24, 2.45) is 0 Å². The maximum Gasteiger partial charge on any atom is 0.0541 e. The number of nitrogens with one attached hydrogen (secondary N) is 1. The van der Waals surface area contributed by atoms with Crippen molar-refractivity contribution in [2.45, 2.75) is 6.92 Å². The van der Waals surface area contributed by atoms with E-state index < -0.39 is 0 Å². The zero-order valence-electron chi connectivity index (χ0n) is 18.5. The molecule has 0 aliphatic carbocycles. The fourth-order valence-corrected chi connectivity index (χ4v) is 4.63. The fourth-order valence-electron chi connectivity index (χ4n) is 4.63. The Balaban J connectivity index is 1.43. The molecule has 0 fully saturated rings. The number of nitrogens with zero attached hydrogens (tertiary/aromatic N) is 1. The molecule has 0 unspecified atom stereocenters. The lowest BCUT2D eigenvalue weighted by Gasteiger charge is -2.10. The SMILES string of the molecule is Cc1cccc(-n2c3ccccc3c3cc(-c4ccc(Nc5ccccc5)cc4)ccc32)c1. The van der Waals surface area contributed by atoms with Crippen LogP contribution in [0, 0.1) is 6.92 Å². The van der Waals surface area contributed by atoms with E-state index in [2.05, 4.69) is 120 Å². The summed E-state index contributed by atoms with van der Waals surface area (Å²) in [7, 11) is 0. The van der Waals surface area contributed by atoms with Gasteiger partial charge in [-0.1, -0.05) is 66.7 Å². The van der Waals surface area contributed by atoms with Gasteiger partial charge in [-0.2, -0.15) is 0 Å². The number of fused-ring (bicyclic) bond motifs is 3. The first kappa shape index (κ1) is 19.4. The van der Waals surface area contributed by atoms with Gasteiger partial charge in [0.25, 0.3) is 0 Å². The van der Waals surface area contributed by atoms with Crippen molar-refractivity contribution >= 4 is 33.2 Å². The molecule has 5 aromatic carbocycles. The van der Waals surface area contributed by atoms with Crippen LogP contribution in [-0.4, -0.2) is 4.57 Å². The van der Waals surface area contributed by atoms with Crippen LogP contribution in [-0.2, 0) is 0 Å². The Hall–Kier alpha value is -4.30. The quantitative estimate of drug-likeness (QED) is 0.300. The van der Waals surface area contributed by atoms with E-state index in [4.69, 9.17) is 0 Å². The van der Waals surface area contributed by atoms with Crippen LogP contribution in [0.4, 0.5) is 11.4 Å². The number of hydrogen-bond acceptors (Lipinski definition) is 1. The number of hydrogen-bond donors (Lipinski definition) is 1. The van der Waals surface area contributed by atoms with E-state index in [1.165, 1.54) is 44.2 Å². The molecule has 1 aromatic heterocycles. The van der Waals surface area contributed by atoms with E-state index >= 15 is 0 Å². The predicted octanol–water partition coefficient (Wildman–Crippen LogP) is 8.50. The van der Waals surface area contributed by atoms with Crippen molar-refractivity contribution < 1.29 is 0 Å². The Kier molecular flexibility index (Phi) is 4.70. The highest BCUT2D eigenvalue weighted by Gasteiger charge is 2.13. The van der Waals surface area contributed by atoms with Gasteiger partial charge in [-0.05, 0) is 78.2 Å². The molecule has 2 nitrogen and oxygen atoms in total. The fraction of sp³-hybridized carbons (Fsp3) is 0.0323. The minimum atomic E-state index is 1.09. The zero-order valence-corrected chi connectivity index (χ0v) is 18.5. The second kappa shape index (κ2) is 7.99. The molecule has 6 rings (SSSR count). The first-order valence-corrected chi connectivity index (χ1v) is 11.3. The van der Waals surface area contributed by atoms with E-state index in [9.17, 15) is 0 Å². The lowest BCUT2D eigenvalue weighted by molar-refractivity contribution is 1.17. The summed E-state index contributed by atoms with van der Waals surface area (Å²) in [5, 5.41) is 6.01. The van der Waals surface area contributed by atoms with E-state index in [0.29, 0.717) is 0 Å². The van der Waals surface area contributed by atoms with Crippen LogP contribution in [0.1, 0.15) is 5.56 Å². The van der Waals surface area contributed by atoms with Gasteiger partial charge < -0.3 is 9.88 Å². The summed E-state index contributed by atoms with van der Waals surface area (Å²) in [6.07, 6.45) is 0. The number of benzene rings is 5. The van der Waals surface area contributed by atoms with E-state index in [1.807, 2.05) is 18.2 Å². The molecule has 0 saturated heterocycles. The number of para-hydroxylation sites is 2. The molecule has 2 heteroatoms. The third-order valence-electron chi connectivity index (χ3n) is 6.21. The maximum atomic E-state index is 3.46. The van der Waals surface area contributed by atoms with Gasteiger partial charge in [-0.15, -0.1) is 0 Å². The smallest absolute Gasteiger partial charge is 0.0541 e. The summed E-state index contributed by atoms with van der Waals surface area (Å²) >= 11 is 0. The highest BCUT2D eigenvalue weighted by molar-refractivity contribution is 6.10. The molecular weight excluding hydrogens is 400 g/mol. The molecule has 0 bridgehead atoms. The van der Waals surface area contributed by atoms with Crippen LogP contribution >= 0.6 is 0 Å². The van der Waals surface area contributed by atoms with Gasteiger partial charge in [-0.3, -0.25) is 0 Å². The third kappa shape index (κ3) is 3.56. The molecule has 6 aromatic rings.